The van der Waals surface area contributed by atoms with Gasteiger partial charge in [-0.1, -0.05) is 194 Å². The summed E-state index contributed by atoms with van der Waals surface area (Å²) in [7, 11) is 4.15. The Hall–Kier alpha value is -9.89. The van der Waals surface area contributed by atoms with Gasteiger partial charge in [0.25, 0.3) is 0 Å². The maximum absolute atomic E-state index is 13.5. The van der Waals surface area contributed by atoms with E-state index in [0.29, 0.717) is 29.3 Å². The number of hydrogen-bond acceptors (Lipinski definition) is 11. The molecule has 15 heteroatoms. The summed E-state index contributed by atoms with van der Waals surface area (Å²) in [5, 5.41) is 2.42. The van der Waals surface area contributed by atoms with Gasteiger partial charge < -0.3 is 19.5 Å². The van der Waals surface area contributed by atoms with Crippen LogP contribution in [-0.4, -0.2) is 72.3 Å². The summed E-state index contributed by atoms with van der Waals surface area (Å²) in [5.74, 6) is -0.753. The van der Waals surface area contributed by atoms with Crippen LogP contribution in [0.4, 0.5) is 14.0 Å². The van der Waals surface area contributed by atoms with E-state index in [1.165, 1.54) is 12.2 Å². The average molecular weight is 1140 g/mol. The van der Waals surface area contributed by atoms with Gasteiger partial charge in [0.15, 0.2) is 23.1 Å². The largest absolute Gasteiger partial charge is 0.497 e. The molecule has 1 aromatic heterocycles. The van der Waals surface area contributed by atoms with Gasteiger partial charge in [0.1, 0.15) is 11.5 Å². The lowest BCUT2D eigenvalue weighted by Crippen LogP contribution is -2.48. The van der Waals surface area contributed by atoms with Gasteiger partial charge in [-0.2, -0.15) is 8.96 Å². The predicted octanol–water partition coefficient (Wildman–Crippen LogP) is 12.9. The van der Waals surface area contributed by atoms with Crippen molar-refractivity contribution >= 4 is 58.6 Å². The number of aromatic nitrogens is 2. The van der Waals surface area contributed by atoms with Crippen molar-refractivity contribution in [3.05, 3.63) is 258 Å². The summed E-state index contributed by atoms with van der Waals surface area (Å²) < 4.78 is 28.3. The molecular formula is C69H72FN3O11. The zero-order chi connectivity index (χ0) is 58.0. The van der Waals surface area contributed by atoms with Crippen molar-refractivity contribution < 1.29 is 47.4 Å². The van der Waals surface area contributed by atoms with E-state index in [4.69, 9.17) is 9.47 Å². The van der Waals surface area contributed by atoms with Crippen molar-refractivity contribution in [3.63, 3.8) is 0 Å². The van der Waals surface area contributed by atoms with Gasteiger partial charge in [0.2, 0.25) is 5.82 Å². The van der Waals surface area contributed by atoms with Gasteiger partial charge in [0, 0.05) is 30.5 Å². The number of nitrogens with zero attached hydrogens (tertiary/aromatic N) is 2. The molecule has 0 atom stereocenters. The Labute approximate surface area is 490 Å². The SMILES string of the molecule is C.C.C.CCCCCCNC(=O)n1cc(F)c(=O)n(C(=O)OC)c1=O.COc1ccc(/C=C/C(=O)C2=C(c3ccccc3)c3cc(C)ccc3CC2=O)cc1.COc1ccc(/C=C/C(=O)C2=C(c3ccccc3)c3ccccc3CC2=O)cc1. The van der Waals surface area contributed by atoms with Crippen molar-refractivity contribution in [3.8, 4) is 11.5 Å². The third kappa shape index (κ3) is 16.4. The molecule has 0 saturated carbocycles. The van der Waals surface area contributed by atoms with Gasteiger partial charge in [-0.3, -0.25) is 24.0 Å². The lowest BCUT2D eigenvalue weighted by atomic mass is 9.79. The number of rotatable bonds is 15. The summed E-state index contributed by atoms with van der Waals surface area (Å²) in [6.45, 7) is 4.35. The number of ketones is 4. The Bertz CT molecular complexity index is 3720. The van der Waals surface area contributed by atoms with Crippen LogP contribution in [0.2, 0.25) is 0 Å². The molecule has 84 heavy (non-hydrogen) atoms. The molecule has 436 valence electrons. The Morgan fingerprint density at radius 2 is 1.06 bits per heavy atom. The third-order valence-corrected chi connectivity index (χ3v) is 13.2. The van der Waals surface area contributed by atoms with E-state index in [1.807, 2.05) is 159 Å². The number of allylic oxidation sites excluding steroid dienone is 4. The maximum atomic E-state index is 13.5. The van der Waals surface area contributed by atoms with Crippen LogP contribution in [0.15, 0.2) is 191 Å². The molecule has 0 unspecified atom stereocenters. The highest BCUT2D eigenvalue weighted by molar-refractivity contribution is 6.33. The predicted molar refractivity (Wildman–Crippen MR) is 330 cm³/mol. The topological polar surface area (TPSA) is 186 Å². The molecule has 9 rings (SSSR count). The fraction of sp³-hybridized carbons (Fsp3) is 0.217. The fourth-order valence-electron chi connectivity index (χ4n) is 9.09. The van der Waals surface area contributed by atoms with E-state index in [9.17, 15) is 42.7 Å². The highest BCUT2D eigenvalue weighted by atomic mass is 19.1. The molecule has 0 saturated heterocycles. The van der Waals surface area contributed by atoms with E-state index in [-0.39, 0.29) is 74.0 Å². The first kappa shape index (κ1) is 66.6. The number of unbranched alkanes of at least 4 members (excludes halogenated alkanes) is 3. The second-order valence-electron chi connectivity index (χ2n) is 18.7. The van der Waals surface area contributed by atoms with E-state index in [0.717, 1.165) is 93.5 Å². The van der Waals surface area contributed by atoms with Crippen LogP contribution in [0.1, 0.15) is 105 Å². The van der Waals surface area contributed by atoms with Crippen molar-refractivity contribution in [2.24, 2.45) is 0 Å². The molecule has 6 aromatic carbocycles. The number of halogens is 1. The van der Waals surface area contributed by atoms with Crippen LogP contribution in [0.25, 0.3) is 23.3 Å². The second kappa shape index (κ2) is 31.9. The molecule has 2 aliphatic rings. The van der Waals surface area contributed by atoms with Crippen molar-refractivity contribution in [2.75, 3.05) is 27.9 Å². The van der Waals surface area contributed by atoms with Gasteiger partial charge in [-0.05, 0) is 94.3 Å². The van der Waals surface area contributed by atoms with Crippen LogP contribution in [0, 0.1) is 12.7 Å². The summed E-state index contributed by atoms with van der Waals surface area (Å²) in [5.41, 5.74) is 7.56. The maximum Gasteiger partial charge on any atom is 0.425 e. The normalized spacial score (nSPS) is 12.2. The first-order valence-corrected chi connectivity index (χ1v) is 26.1. The molecule has 0 aliphatic heterocycles. The number of benzene rings is 6. The quantitative estimate of drug-likeness (QED) is 0.0585. The van der Waals surface area contributed by atoms with Crippen LogP contribution in [-0.2, 0) is 36.8 Å². The monoisotopic (exact) mass is 1140 g/mol. The van der Waals surface area contributed by atoms with Crippen LogP contribution in [0.3, 0.4) is 0 Å². The minimum absolute atomic E-state index is 0. The van der Waals surface area contributed by atoms with Crippen LogP contribution < -0.4 is 26.0 Å². The number of aryl methyl sites for hydroxylation is 1. The molecule has 0 radical (unpaired) electrons. The van der Waals surface area contributed by atoms with Gasteiger partial charge in [-0.25, -0.2) is 19.0 Å². The minimum atomic E-state index is -1.47. The lowest BCUT2D eigenvalue weighted by Gasteiger charge is -2.22. The molecule has 7 aromatic rings. The first-order chi connectivity index (χ1) is 39.2. The summed E-state index contributed by atoms with van der Waals surface area (Å²) in [6, 6.07) is 47.0. The fourth-order valence-corrected chi connectivity index (χ4v) is 9.09. The lowest BCUT2D eigenvalue weighted by molar-refractivity contribution is -0.120. The number of carbonyl (C=O) groups is 6. The van der Waals surface area contributed by atoms with Gasteiger partial charge >= 0.3 is 23.4 Å². The number of Topliss-reactive ketones (excluding diaryl/α,β-unsaturated/α-hetero) is 2. The Kier molecular flexibility index (Phi) is 25.3. The number of carbonyl (C=O) groups excluding carboxylic acids is 6. The molecule has 0 bridgehead atoms. The molecular weight excluding hydrogens is 1070 g/mol. The van der Waals surface area contributed by atoms with Crippen molar-refractivity contribution in [1.82, 2.24) is 14.5 Å². The summed E-state index contributed by atoms with van der Waals surface area (Å²) in [6.07, 6.45) is 9.64. The van der Waals surface area contributed by atoms with Crippen LogP contribution >= 0.6 is 0 Å². The number of hydrogen-bond donors (Lipinski definition) is 1. The zero-order valence-electron chi connectivity index (χ0n) is 45.5. The Balaban J connectivity index is 0.000000269. The summed E-state index contributed by atoms with van der Waals surface area (Å²) >= 11 is 0. The highest BCUT2D eigenvalue weighted by Crippen LogP contribution is 2.37. The minimum Gasteiger partial charge on any atom is -0.497 e. The van der Waals surface area contributed by atoms with Crippen molar-refractivity contribution in [1.29, 1.82) is 0 Å². The third-order valence-electron chi connectivity index (χ3n) is 13.2. The molecule has 1 heterocycles. The molecule has 1 N–H and O–H groups in total. The van der Waals surface area contributed by atoms with Gasteiger partial charge in [0.05, 0.1) is 38.7 Å². The zero-order valence-corrected chi connectivity index (χ0v) is 45.5. The second-order valence-corrected chi connectivity index (χ2v) is 18.7. The highest BCUT2D eigenvalue weighted by Gasteiger charge is 2.31. The van der Waals surface area contributed by atoms with E-state index in [2.05, 4.69) is 16.1 Å². The first-order valence-electron chi connectivity index (χ1n) is 26.1. The van der Waals surface area contributed by atoms with E-state index < -0.39 is 29.2 Å². The van der Waals surface area contributed by atoms with Gasteiger partial charge in [-0.15, -0.1) is 0 Å². The average Bonchev–Trinajstić information content (AvgIpc) is 2.19. The van der Waals surface area contributed by atoms with Crippen molar-refractivity contribution in [2.45, 2.75) is 74.7 Å². The Morgan fingerprint density at radius 3 is 1.55 bits per heavy atom. The number of ether oxygens (including phenoxy) is 3. The van der Waals surface area contributed by atoms with E-state index >= 15 is 0 Å². The number of amides is 1. The van der Waals surface area contributed by atoms with E-state index in [1.54, 1.807) is 26.4 Å². The number of methoxy groups -OCH3 is 3. The number of nitrogens with one attached hydrogen (secondary N) is 1. The standard InChI is InChI=1S/C27H22O3.C26H20O3.C13H18FN3O5.3CH4/c1-18-8-12-21-17-25(29)27(26(23(21)16-18)20-6-4-3-5-7-20)24(28)15-11-19-9-13-22(30-2)14-10-19;1-29-21-14-11-18(12-15-21)13-16-23(27)26-24(28)17-20-9-5-6-10-22(20)25(26)19-7-3-2-4-8-19;1-3-4-5-6-7-15-11(19)16-8-9(14)10(18)17(12(16)20)13(21)22-2;;;/h3-16H,17H2,1-2H3;2-16H,17H2,1H3;8H,3-7H2,1-2H3,(H,15,19);3*1H4/b15-11+;16-13+;;;;. The molecule has 1 amide bonds. The van der Waals surface area contributed by atoms with Crippen LogP contribution in [0.5, 0.6) is 11.5 Å². The molecule has 14 nitrogen and oxygen atoms in total. The molecule has 0 spiro atoms. The molecule has 2 aliphatic carbocycles. The number of fused-ring (bicyclic) bond motifs is 2. The Morgan fingerprint density at radius 1 is 0.583 bits per heavy atom. The smallest absolute Gasteiger partial charge is 0.425 e. The molecule has 0 fully saturated rings. The summed E-state index contributed by atoms with van der Waals surface area (Å²) in [4.78, 5) is 98.8.